The molecule has 0 amide bonds. The first-order valence-electron chi connectivity index (χ1n) is 5.85. The van der Waals surface area contributed by atoms with E-state index in [0.29, 0.717) is 12.1 Å². The topological polar surface area (TPSA) is 96.0 Å². The molecule has 3 N–H and O–H groups in total. The lowest BCUT2D eigenvalue weighted by atomic mass is 10.1. The number of aldehydes is 1. The molecule has 0 aliphatic carbocycles. The Bertz CT molecular complexity index is 542. The fourth-order valence-corrected chi connectivity index (χ4v) is 2.08. The third-order valence-corrected chi connectivity index (χ3v) is 3.09. The number of aromatic amines is 1. The molecule has 2 atom stereocenters. The van der Waals surface area contributed by atoms with Gasteiger partial charge in [0.05, 0.1) is 0 Å². The van der Waals surface area contributed by atoms with Gasteiger partial charge in [0, 0.05) is 37.4 Å². The van der Waals surface area contributed by atoms with Crippen LogP contribution in [-0.2, 0) is 4.79 Å². The number of hydrogen-bond acceptors (Lipinski definition) is 5. The molecule has 98 valence electrons. The van der Waals surface area contributed by atoms with Crippen molar-refractivity contribution in [3.8, 4) is 0 Å². The molecule has 1 aliphatic rings. The Hall–Kier alpha value is -1.73. The van der Waals surface area contributed by atoms with E-state index in [-0.39, 0.29) is 6.04 Å². The van der Waals surface area contributed by atoms with E-state index in [1.807, 2.05) is 0 Å². The van der Waals surface area contributed by atoms with E-state index in [1.165, 1.54) is 10.8 Å². The Balaban J connectivity index is 2.38. The third kappa shape index (κ3) is 2.41. The summed E-state index contributed by atoms with van der Waals surface area (Å²) < 4.78 is 1.27. The molecule has 1 aromatic heterocycles. The predicted octanol–water partition coefficient (Wildman–Crippen LogP) is -1.85. The van der Waals surface area contributed by atoms with Gasteiger partial charge < -0.3 is 15.4 Å². The maximum absolute atomic E-state index is 11.7. The number of aryl methyl sites for hydroxylation is 1. The molecule has 7 heteroatoms. The van der Waals surface area contributed by atoms with Gasteiger partial charge in [0.25, 0.3) is 5.56 Å². The lowest BCUT2D eigenvalue weighted by Gasteiger charge is -2.29. The zero-order chi connectivity index (χ0) is 13.1. The Morgan fingerprint density at radius 2 is 2.22 bits per heavy atom. The van der Waals surface area contributed by atoms with Crippen LogP contribution in [0, 0.1) is 6.92 Å². The first-order chi connectivity index (χ1) is 8.63. The Kier molecular flexibility index (Phi) is 3.73. The van der Waals surface area contributed by atoms with E-state index < -0.39 is 17.3 Å². The number of piperazine rings is 1. The summed E-state index contributed by atoms with van der Waals surface area (Å²) in [5, 5.41) is 6.34. The number of hydrogen-bond donors (Lipinski definition) is 3. The van der Waals surface area contributed by atoms with Crippen LogP contribution in [0.5, 0.6) is 0 Å². The van der Waals surface area contributed by atoms with Crippen molar-refractivity contribution >= 4 is 6.29 Å². The molecule has 0 spiro atoms. The van der Waals surface area contributed by atoms with Gasteiger partial charge in [-0.15, -0.1) is 0 Å². The van der Waals surface area contributed by atoms with E-state index in [0.717, 1.165) is 19.4 Å². The van der Waals surface area contributed by atoms with Gasteiger partial charge >= 0.3 is 5.69 Å². The van der Waals surface area contributed by atoms with Gasteiger partial charge in [-0.05, 0) is 6.92 Å². The number of H-pyrrole nitrogens is 1. The van der Waals surface area contributed by atoms with E-state index in [4.69, 9.17) is 0 Å². The zero-order valence-corrected chi connectivity index (χ0v) is 10.1. The van der Waals surface area contributed by atoms with Gasteiger partial charge in [0.2, 0.25) is 0 Å². The Labute approximate surface area is 103 Å². The number of aromatic nitrogens is 2. The maximum Gasteiger partial charge on any atom is 0.329 e. The van der Waals surface area contributed by atoms with Crippen LogP contribution >= 0.6 is 0 Å². The zero-order valence-electron chi connectivity index (χ0n) is 10.1. The van der Waals surface area contributed by atoms with Gasteiger partial charge in [-0.3, -0.25) is 14.3 Å². The molecule has 0 saturated carbocycles. The minimum absolute atomic E-state index is 0.153. The summed E-state index contributed by atoms with van der Waals surface area (Å²) in [6.45, 7) is 3.78. The van der Waals surface area contributed by atoms with Crippen molar-refractivity contribution < 1.29 is 4.79 Å². The highest BCUT2D eigenvalue weighted by atomic mass is 16.2. The normalized spacial score (nSPS) is 21.5. The quantitative estimate of drug-likeness (QED) is 0.549. The summed E-state index contributed by atoms with van der Waals surface area (Å²) in [5.74, 6) is 0. The number of carbonyl (C=O) groups excluding carboxylic acids is 1. The molecule has 1 aliphatic heterocycles. The van der Waals surface area contributed by atoms with Gasteiger partial charge in [0.15, 0.2) is 0 Å². The van der Waals surface area contributed by atoms with Crippen molar-refractivity contribution in [3.63, 3.8) is 0 Å². The van der Waals surface area contributed by atoms with Crippen molar-refractivity contribution in [1.29, 1.82) is 0 Å². The molecule has 1 aromatic rings. The Morgan fingerprint density at radius 3 is 2.83 bits per heavy atom. The molecular formula is C11H16N4O3. The molecule has 1 fully saturated rings. The summed E-state index contributed by atoms with van der Waals surface area (Å²) >= 11 is 0. The maximum atomic E-state index is 11.7. The molecule has 0 bridgehead atoms. The molecule has 1 saturated heterocycles. The van der Waals surface area contributed by atoms with E-state index in [2.05, 4.69) is 15.6 Å². The average molecular weight is 252 g/mol. The lowest BCUT2D eigenvalue weighted by Crippen LogP contribution is -2.54. The highest BCUT2D eigenvalue weighted by Crippen LogP contribution is 2.07. The van der Waals surface area contributed by atoms with Crippen LogP contribution in [0.4, 0.5) is 0 Å². The minimum Gasteiger partial charge on any atom is -0.314 e. The van der Waals surface area contributed by atoms with Crippen LogP contribution in [0.2, 0.25) is 0 Å². The molecular weight excluding hydrogens is 236 g/mol. The lowest BCUT2D eigenvalue weighted by molar-refractivity contribution is -0.111. The minimum atomic E-state index is -0.624. The Morgan fingerprint density at radius 1 is 1.44 bits per heavy atom. The average Bonchev–Trinajstić information content (AvgIpc) is 2.38. The van der Waals surface area contributed by atoms with Crippen LogP contribution < -0.4 is 21.9 Å². The monoisotopic (exact) mass is 252 g/mol. The second kappa shape index (κ2) is 5.28. The van der Waals surface area contributed by atoms with Gasteiger partial charge in [-0.1, -0.05) is 0 Å². The highest BCUT2D eigenvalue weighted by molar-refractivity contribution is 5.57. The number of nitrogens with one attached hydrogen (secondary N) is 3. The SMILES string of the molecule is Cc1cn(C(C=O)C2CNCCN2)c(=O)[nH]c1=O. The second-order valence-electron chi connectivity index (χ2n) is 4.37. The van der Waals surface area contributed by atoms with Gasteiger partial charge in [-0.25, -0.2) is 4.79 Å². The molecule has 18 heavy (non-hydrogen) atoms. The summed E-state index contributed by atoms with van der Waals surface area (Å²) in [5.41, 5.74) is -0.573. The van der Waals surface area contributed by atoms with Crippen LogP contribution in [-0.4, -0.2) is 41.5 Å². The second-order valence-corrected chi connectivity index (χ2v) is 4.37. The van der Waals surface area contributed by atoms with Gasteiger partial charge in [0.1, 0.15) is 12.3 Å². The standard InChI is InChI=1S/C11H16N4O3/c1-7-5-15(11(18)14-10(7)17)9(6-16)8-4-12-2-3-13-8/h5-6,8-9,12-13H,2-4H2,1H3,(H,14,17,18). The summed E-state index contributed by atoms with van der Waals surface area (Å²) in [6.07, 6.45) is 2.15. The molecule has 7 nitrogen and oxygen atoms in total. The largest absolute Gasteiger partial charge is 0.329 e. The van der Waals surface area contributed by atoms with Crippen LogP contribution in [0.15, 0.2) is 15.8 Å². The molecule has 2 rings (SSSR count). The smallest absolute Gasteiger partial charge is 0.314 e. The molecule has 0 radical (unpaired) electrons. The van der Waals surface area contributed by atoms with Crippen molar-refractivity contribution in [2.24, 2.45) is 0 Å². The summed E-state index contributed by atoms with van der Waals surface area (Å²) in [4.78, 5) is 36.5. The third-order valence-electron chi connectivity index (χ3n) is 3.09. The summed E-state index contributed by atoms with van der Waals surface area (Å²) in [7, 11) is 0. The summed E-state index contributed by atoms with van der Waals surface area (Å²) in [6, 6.07) is -0.778. The van der Waals surface area contributed by atoms with Gasteiger partial charge in [-0.2, -0.15) is 0 Å². The molecule has 0 aromatic carbocycles. The van der Waals surface area contributed by atoms with Crippen LogP contribution in [0.3, 0.4) is 0 Å². The van der Waals surface area contributed by atoms with Crippen molar-refractivity contribution in [2.75, 3.05) is 19.6 Å². The fourth-order valence-electron chi connectivity index (χ4n) is 2.08. The number of nitrogens with zero attached hydrogens (tertiary/aromatic N) is 1. The van der Waals surface area contributed by atoms with Crippen molar-refractivity contribution in [2.45, 2.75) is 19.0 Å². The fraction of sp³-hybridized carbons (Fsp3) is 0.545. The first kappa shape index (κ1) is 12.7. The molecule has 2 heterocycles. The van der Waals surface area contributed by atoms with Crippen LogP contribution in [0.1, 0.15) is 11.6 Å². The number of rotatable bonds is 3. The van der Waals surface area contributed by atoms with Crippen molar-refractivity contribution in [1.82, 2.24) is 20.2 Å². The van der Waals surface area contributed by atoms with E-state index in [9.17, 15) is 14.4 Å². The first-order valence-corrected chi connectivity index (χ1v) is 5.85. The predicted molar refractivity (Wildman–Crippen MR) is 65.8 cm³/mol. The molecule has 2 unspecified atom stereocenters. The van der Waals surface area contributed by atoms with E-state index in [1.54, 1.807) is 6.92 Å². The van der Waals surface area contributed by atoms with E-state index >= 15 is 0 Å². The number of carbonyl (C=O) groups is 1. The van der Waals surface area contributed by atoms with Crippen molar-refractivity contribution in [3.05, 3.63) is 32.6 Å². The van der Waals surface area contributed by atoms with Crippen LogP contribution in [0.25, 0.3) is 0 Å². The highest BCUT2D eigenvalue weighted by Gasteiger charge is 2.25.